The number of aliphatic hydroxyl groups excluding tert-OH is 1. The summed E-state index contributed by atoms with van der Waals surface area (Å²) in [4.78, 5) is 0. The van der Waals surface area contributed by atoms with Crippen molar-refractivity contribution in [1.29, 1.82) is 0 Å². The van der Waals surface area contributed by atoms with Crippen LogP contribution in [0.1, 0.15) is 31.1 Å². The lowest BCUT2D eigenvalue weighted by molar-refractivity contribution is 0.0451. The molecule has 2 aromatic carbocycles. The lowest BCUT2D eigenvalue weighted by atomic mass is 10.1. The average molecular weight is 328 g/mol. The quantitative estimate of drug-likeness (QED) is 0.826. The van der Waals surface area contributed by atoms with Gasteiger partial charge in [0.15, 0.2) is 11.5 Å². The molecule has 4 heteroatoms. The Morgan fingerprint density at radius 1 is 0.958 bits per heavy atom. The second kappa shape index (κ2) is 8.41. The number of rotatable bonds is 7. The van der Waals surface area contributed by atoms with Gasteiger partial charge < -0.3 is 19.3 Å². The number of aliphatic hydroxyl groups is 1. The molecule has 0 spiro atoms. The molecule has 2 rings (SSSR count). The van der Waals surface area contributed by atoms with Gasteiger partial charge in [0.25, 0.3) is 0 Å². The normalized spacial score (nSPS) is 13.5. The van der Waals surface area contributed by atoms with Crippen molar-refractivity contribution in [2.45, 2.75) is 26.1 Å². The van der Waals surface area contributed by atoms with Gasteiger partial charge >= 0.3 is 0 Å². The minimum atomic E-state index is -0.754. The maximum absolute atomic E-state index is 10.5. The number of allylic oxidation sites excluding steroid dienone is 1. The summed E-state index contributed by atoms with van der Waals surface area (Å²) >= 11 is 0. The van der Waals surface area contributed by atoms with Crippen LogP contribution in [0, 0.1) is 0 Å². The van der Waals surface area contributed by atoms with Crippen LogP contribution in [0.3, 0.4) is 0 Å². The standard InChI is InChI=1S/C20H24O4/c1-5-6-15-7-12-18(19(13-15)23-4)24-14(2)20(21)16-8-10-17(22-3)11-9-16/h5-14,20-21H,1-4H3/b6-5+/t14-,20-/m1/s1. The van der Waals surface area contributed by atoms with Gasteiger partial charge in [-0.1, -0.05) is 30.4 Å². The van der Waals surface area contributed by atoms with Gasteiger partial charge in [0, 0.05) is 0 Å². The minimum Gasteiger partial charge on any atom is -0.497 e. The maximum Gasteiger partial charge on any atom is 0.161 e. The predicted molar refractivity (Wildman–Crippen MR) is 95.7 cm³/mol. The molecule has 128 valence electrons. The lowest BCUT2D eigenvalue weighted by Gasteiger charge is -2.22. The number of hydrogen-bond donors (Lipinski definition) is 1. The second-order valence-electron chi connectivity index (χ2n) is 5.45. The van der Waals surface area contributed by atoms with E-state index in [1.807, 2.05) is 68.5 Å². The van der Waals surface area contributed by atoms with Crippen molar-refractivity contribution in [3.63, 3.8) is 0 Å². The number of ether oxygens (including phenoxy) is 3. The van der Waals surface area contributed by atoms with E-state index in [1.165, 1.54) is 0 Å². The third-order valence-electron chi connectivity index (χ3n) is 3.76. The molecule has 0 aromatic heterocycles. The van der Waals surface area contributed by atoms with E-state index in [0.717, 1.165) is 16.9 Å². The van der Waals surface area contributed by atoms with E-state index in [4.69, 9.17) is 14.2 Å². The second-order valence-corrected chi connectivity index (χ2v) is 5.45. The highest BCUT2D eigenvalue weighted by Gasteiger charge is 2.19. The van der Waals surface area contributed by atoms with Crippen molar-refractivity contribution in [3.05, 3.63) is 59.7 Å². The van der Waals surface area contributed by atoms with Crippen molar-refractivity contribution in [3.8, 4) is 17.2 Å². The summed E-state index contributed by atoms with van der Waals surface area (Å²) in [5.41, 5.74) is 1.80. The van der Waals surface area contributed by atoms with E-state index in [9.17, 15) is 5.11 Å². The first-order valence-electron chi connectivity index (χ1n) is 7.88. The predicted octanol–water partition coefficient (Wildman–Crippen LogP) is 4.24. The van der Waals surface area contributed by atoms with Crippen LogP contribution in [0.5, 0.6) is 17.2 Å². The summed E-state index contributed by atoms with van der Waals surface area (Å²) in [6, 6.07) is 13.0. The molecule has 0 saturated heterocycles. The van der Waals surface area contributed by atoms with Crippen LogP contribution in [0.2, 0.25) is 0 Å². The number of benzene rings is 2. The van der Waals surface area contributed by atoms with E-state index in [-0.39, 0.29) is 0 Å². The molecule has 0 aliphatic rings. The molecule has 4 nitrogen and oxygen atoms in total. The topological polar surface area (TPSA) is 47.9 Å². The van der Waals surface area contributed by atoms with Gasteiger partial charge in [0.05, 0.1) is 14.2 Å². The molecule has 0 saturated carbocycles. The van der Waals surface area contributed by atoms with Crippen LogP contribution in [-0.4, -0.2) is 25.4 Å². The van der Waals surface area contributed by atoms with Gasteiger partial charge in [-0.05, 0) is 49.2 Å². The zero-order valence-corrected chi connectivity index (χ0v) is 14.5. The van der Waals surface area contributed by atoms with Gasteiger partial charge in [-0.25, -0.2) is 0 Å². The Balaban J connectivity index is 2.13. The van der Waals surface area contributed by atoms with E-state index in [1.54, 1.807) is 14.2 Å². The Bertz CT molecular complexity index is 677. The maximum atomic E-state index is 10.5. The van der Waals surface area contributed by atoms with Crippen LogP contribution in [0.15, 0.2) is 48.5 Å². The van der Waals surface area contributed by atoms with Crippen molar-refractivity contribution in [2.24, 2.45) is 0 Å². The van der Waals surface area contributed by atoms with Crippen LogP contribution >= 0.6 is 0 Å². The number of methoxy groups -OCH3 is 2. The van der Waals surface area contributed by atoms with Crippen LogP contribution in [-0.2, 0) is 0 Å². The highest BCUT2D eigenvalue weighted by Crippen LogP contribution is 2.32. The van der Waals surface area contributed by atoms with Gasteiger partial charge in [0.1, 0.15) is 18.0 Å². The molecule has 0 heterocycles. The lowest BCUT2D eigenvalue weighted by Crippen LogP contribution is -2.22. The molecule has 2 aromatic rings. The van der Waals surface area contributed by atoms with Crippen molar-refractivity contribution < 1.29 is 19.3 Å². The van der Waals surface area contributed by atoms with E-state index in [2.05, 4.69) is 0 Å². The molecule has 0 fully saturated rings. The summed E-state index contributed by atoms with van der Waals surface area (Å²) in [6.07, 6.45) is 2.77. The summed E-state index contributed by atoms with van der Waals surface area (Å²) < 4.78 is 16.4. The molecular formula is C20H24O4. The van der Waals surface area contributed by atoms with Crippen LogP contribution in [0.4, 0.5) is 0 Å². The smallest absolute Gasteiger partial charge is 0.161 e. The molecule has 1 N–H and O–H groups in total. The monoisotopic (exact) mass is 328 g/mol. The van der Waals surface area contributed by atoms with Crippen LogP contribution < -0.4 is 14.2 Å². The van der Waals surface area contributed by atoms with Gasteiger partial charge in [0.2, 0.25) is 0 Å². The molecule has 2 atom stereocenters. The Labute approximate surface area is 143 Å². The van der Waals surface area contributed by atoms with E-state index in [0.29, 0.717) is 11.5 Å². The van der Waals surface area contributed by atoms with Gasteiger partial charge in [-0.3, -0.25) is 0 Å². The Kier molecular flexibility index (Phi) is 6.27. The zero-order chi connectivity index (χ0) is 17.5. The molecular weight excluding hydrogens is 304 g/mol. The highest BCUT2D eigenvalue weighted by atomic mass is 16.5. The number of hydrogen-bond acceptors (Lipinski definition) is 4. The summed E-state index contributed by atoms with van der Waals surface area (Å²) in [5, 5.41) is 10.5. The highest BCUT2D eigenvalue weighted by molar-refractivity contribution is 5.55. The molecule has 0 unspecified atom stereocenters. The fourth-order valence-electron chi connectivity index (χ4n) is 2.41. The minimum absolute atomic E-state index is 0.431. The third kappa shape index (κ3) is 4.30. The molecule has 0 bridgehead atoms. The fraction of sp³-hybridized carbons (Fsp3) is 0.300. The first kappa shape index (κ1) is 17.9. The van der Waals surface area contributed by atoms with E-state index >= 15 is 0 Å². The largest absolute Gasteiger partial charge is 0.497 e. The Morgan fingerprint density at radius 2 is 1.67 bits per heavy atom. The molecule has 24 heavy (non-hydrogen) atoms. The average Bonchev–Trinajstić information content (AvgIpc) is 2.62. The van der Waals surface area contributed by atoms with Crippen LogP contribution in [0.25, 0.3) is 6.08 Å². The first-order valence-corrected chi connectivity index (χ1v) is 7.88. The Hall–Kier alpha value is -2.46. The molecule has 0 aliphatic heterocycles. The molecule has 0 aliphatic carbocycles. The fourth-order valence-corrected chi connectivity index (χ4v) is 2.41. The van der Waals surface area contributed by atoms with Crippen molar-refractivity contribution >= 4 is 6.08 Å². The molecule has 0 radical (unpaired) electrons. The van der Waals surface area contributed by atoms with Gasteiger partial charge in [-0.15, -0.1) is 0 Å². The summed E-state index contributed by atoms with van der Waals surface area (Å²) in [7, 11) is 3.22. The zero-order valence-electron chi connectivity index (χ0n) is 14.5. The first-order chi connectivity index (χ1) is 11.6. The Morgan fingerprint density at radius 3 is 2.25 bits per heavy atom. The summed E-state index contributed by atoms with van der Waals surface area (Å²) in [5.74, 6) is 1.99. The van der Waals surface area contributed by atoms with Gasteiger partial charge in [-0.2, -0.15) is 0 Å². The SMILES string of the molecule is C/C=C/c1ccc(O[C@H](C)[C@@H](O)c2ccc(OC)cc2)c(OC)c1. The van der Waals surface area contributed by atoms with E-state index < -0.39 is 12.2 Å². The van der Waals surface area contributed by atoms with Crippen molar-refractivity contribution in [2.75, 3.05) is 14.2 Å². The summed E-state index contributed by atoms with van der Waals surface area (Å²) in [6.45, 7) is 3.79. The van der Waals surface area contributed by atoms with Crippen molar-refractivity contribution in [1.82, 2.24) is 0 Å². The molecule has 0 amide bonds. The third-order valence-corrected chi connectivity index (χ3v) is 3.76.